The Morgan fingerprint density at radius 3 is 2.60 bits per heavy atom. The lowest BCUT2D eigenvalue weighted by atomic mass is 10.3. The summed E-state index contributed by atoms with van der Waals surface area (Å²) in [5, 5.41) is 2.28. The molecule has 1 aromatic heterocycles. The molecule has 3 nitrogen and oxygen atoms in total. The minimum Gasteiger partial charge on any atom is -0.338 e. The van der Waals surface area contributed by atoms with E-state index in [1.54, 1.807) is 0 Å². The van der Waals surface area contributed by atoms with Crippen LogP contribution in [0.4, 0.5) is 29.1 Å². The van der Waals surface area contributed by atoms with Gasteiger partial charge in [-0.05, 0) is 28.1 Å². The molecule has 9 heteroatoms. The van der Waals surface area contributed by atoms with Crippen LogP contribution in [0.3, 0.4) is 0 Å². The number of hydrogen-bond acceptors (Lipinski definition) is 3. The van der Waals surface area contributed by atoms with Crippen molar-refractivity contribution in [2.24, 2.45) is 0 Å². The highest BCUT2D eigenvalue weighted by Gasteiger charge is 2.35. The van der Waals surface area contributed by atoms with Crippen molar-refractivity contribution in [1.29, 1.82) is 0 Å². The summed E-state index contributed by atoms with van der Waals surface area (Å²) in [5.41, 5.74) is 0.0965. The van der Waals surface area contributed by atoms with E-state index in [9.17, 15) is 17.6 Å². The summed E-state index contributed by atoms with van der Waals surface area (Å²) >= 11 is 8.71. The maximum atomic E-state index is 13.3. The van der Waals surface area contributed by atoms with Crippen LogP contribution in [-0.2, 0) is 6.18 Å². The summed E-state index contributed by atoms with van der Waals surface area (Å²) in [6, 6.07) is 3.90. The average molecular weight is 371 g/mol. The summed E-state index contributed by atoms with van der Waals surface area (Å²) in [7, 11) is 0. The molecule has 20 heavy (non-hydrogen) atoms. The second-order valence-corrected chi connectivity index (χ2v) is 4.85. The van der Waals surface area contributed by atoms with Crippen molar-refractivity contribution >= 4 is 39.0 Å². The number of alkyl halides is 3. The third-order valence-electron chi connectivity index (χ3n) is 2.20. The Balaban J connectivity index is 2.41. The molecule has 2 aromatic rings. The first kappa shape index (κ1) is 15.0. The topological polar surface area (TPSA) is 37.8 Å². The summed E-state index contributed by atoms with van der Waals surface area (Å²) < 4.78 is 51.0. The van der Waals surface area contributed by atoms with Crippen LogP contribution in [0.5, 0.6) is 0 Å². The van der Waals surface area contributed by atoms with E-state index >= 15 is 0 Å². The van der Waals surface area contributed by atoms with Crippen molar-refractivity contribution < 1.29 is 17.6 Å². The Morgan fingerprint density at radius 1 is 1.25 bits per heavy atom. The van der Waals surface area contributed by atoms with E-state index in [1.807, 2.05) is 0 Å². The Bertz CT molecular complexity index is 648. The molecule has 0 unspecified atom stereocenters. The molecule has 1 heterocycles. The van der Waals surface area contributed by atoms with Crippen molar-refractivity contribution in [3.8, 4) is 0 Å². The first-order chi connectivity index (χ1) is 9.29. The van der Waals surface area contributed by atoms with Crippen LogP contribution < -0.4 is 5.32 Å². The van der Waals surface area contributed by atoms with E-state index in [1.165, 1.54) is 12.1 Å². The van der Waals surface area contributed by atoms with Crippen LogP contribution in [0.25, 0.3) is 0 Å². The van der Waals surface area contributed by atoms with Gasteiger partial charge in [0.15, 0.2) is 0 Å². The van der Waals surface area contributed by atoms with Crippen LogP contribution in [0.15, 0.2) is 28.9 Å². The van der Waals surface area contributed by atoms with Crippen molar-refractivity contribution in [3.05, 3.63) is 45.5 Å². The van der Waals surface area contributed by atoms with Crippen molar-refractivity contribution in [2.75, 3.05) is 5.32 Å². The normalized spacial score (nSPS) is 11.5. The van der Waals surface area contributed by atoms with Gasteiger partial charge >= 0.3 is 6.18 Å². The fourth-order valence-corrected chi connectivity index (χ4v) is 1.78. The molecular formula is C11H5BrClF4N3. The summed E-state index contributed by atoms with van der Waals surface area (Å²) in [4.78, 5) is 6.50. The Hall–Kier alpha value is -1.41. The number of nitrogens with one attached hydrogen (secondary N) is 1. The molecule has 0 saturated heterocycles. The highest BCUT2D eigenvalue weighted by atomic mass is 79.9. The third kappa shape index (κ3) is 3.18. The van der Waals surface area contributed by atoms with Crippen LogP contribution in [-0.4, -0.2) is 9.97 Å². The Morgan fingerprint density at radius 2 is 1.95 bits per heavy atom. The third-order valence-corrected chi connectivity index (χ3v) is 3.17. The van der Waals surface area contributed by atoms with Gasteiger partial charge in [0.05, 0.1) is 15.2 Å². The monoisotopic (exact) mass is 369 g/mol. The maximum absolute atomic E-state index is 13.3. The minimum atomic E-state index is -4.68. The molecule has 106 valence electrons. The molecule has 0 fully saturated rings. The number of rotatable bonds is 2. The van der Waals surface area contributed by atoms with Gasteiger partial charge in [-0.2, -0.15) is 13.2 Å². The molecule has 0 spiro atoms. The fourth-order valence-electron chi connectivity index (χ4n) is 1.32. The lowest BCUT2D eigenvalue weighted by Gasteiger charge is -2.11. The van der Waals surface area contributed by atoms with Gasteiger partial charge in [-0.25, -0.2) is 14.4 Å². The fraction of sp³-hybridized carbons (Fsp3) is 0.0909. The van der Waals surface area contributed by atoms with Crippen molar-refractivity contribution in [3.63, 3.8) is 0 Å². The first-order valence-electron chi connectivity index (χ1n) is 5.10. The molecular weight excluding hydrogens is 365 g/mol. The van der Waals surface area contributed by atoms with E-state index in [-0.39, 0.29) is 21.0 Å². The lowest BCUT2D eigenvalue weighted by molar-refractivity contribution is -0.144. The van der Waals surface area contributed by atoms with Crippen LogP contribution in [0, 0.1) is 5.82 Å². The van der Waals surface area contributed by atoms with Gasteiger partial charge in [0.2, 0.25) is 5.82 Å². The first-order valence-corrected chi connectivity index (χ1v) is 6.27. The van der Waals surface area contributed by atoms with Gasteiger partial charge in [0.25, 0.3) is 0 Å². The van der Waals surface area contributed by atoms with Gasteiger partial charge in [-0.15, -0.1) is 0 Å². The molecule has 1 aromatic carbocycles. The molecule has 0 amide bonds. The number of aromatic nitrogens is 2. The SMILES string of the molecule is Fc1cccc(Nc2nc(C(F)(F)F)ncc2Br)c1Cl. The van der Waals surface area contributed by atoms with Gasteiger partial charge in [0.1, 0.15) is 11.6 Å². The van der Waals surface area contributed by atoms with E-state index in [0.29, 0.717) is 0 Å². The van der Waals surface area contributed by atoms with E-state index in [4.69, 9.17) is 11.6 Å². The second kappa shape index (κ2) is 5.53. The maximum Gasteiger partial charge on any atom is 0.451 e. The predicted molar refractivity (Wildman–Crippen MR) is 69.4 cm³/mol. The molecule has 0 aliphatic carbocycles. The molecule has 2 rings (SSSR count). The Labute approximate surface area is 124 Å². The van der Waals surface area contributed by atoms with Gasteiger partial charge < -0.3 is 5.32 Å². The summed E-state index contributed by atoms with van der Waals surface area (Å²) in [5.74, 6) is -2.17. The summed E-state index contributed by atoms with van der Waals surface area (Å²) in [6.07, 6.45) is -3.73. The number of hydrogen-bond donors (Lipinski definition) is 1. The molecule has 0 aliphatic rings. The van der Waals surface area contributed by atoms with Crippen molar-refractivity contribution in [1.82, 2.24) is 9.97 Å². The quantitative estimate of drug-likeness (QED) is 0.772. The van der Waals surface area contributed by atoms with Gasteiger partial charge in [0, 0.05) is 6.20 Å². The zero-order valence-corrected chi connectivity index (χ0v) is 11.8. The van der Waals surface area contributed by atoms with Crippen LogP contribution in [0.2, 0.25) is 5.02 Å². The lowest BCUT2D eigenvalue weighted by Crippen LogP contribution is -2.12. The molecule has 0 aliphatic heterocycles. The van der Waals surface area contributed by atoms with Crippen LogP contribution in [0.1, 0.15) is 5.82 Å². The smallest absolute Gasteiger partial charge is 0.338 e. The van der Waals surface area contributed by atoms with E-state index in [2.05, 4.69) is 31.2 Å². The zero-order valence-electron chi connectivity index (χ0n) is 9.47. The second-order valence-electron chi connectivity index (χ2n) is 3.61. The molecule has 0 saturated carbocycles. The molecule has 1 N–H and O–H groups in total. The zero-order chi connectivity index (χ0) is 14.9. The number of halogens is 6. The van der Waals surface area contributed by atoms with Crippen LogP contribution >= 0.6 is 27.5 Å². The number of nitrogens with zero attached hydrogens (tertiary/aromatic N) is 2. The number of benzene rings is 1. The highest BCUT2D eigenvalue weighted by molar-refractivity contribution is 9.10. The van der Waals surface area contributed by atoms with E-state index < -0.39 is 17.8 Å². The minimum absolute atomic E-state index is 0.0965. The van der Waals surface area contributed by atoms with Crippen molar-refractivity contribution in [2.45, 2.75) is 6.18 Å². The summed E-state index contributed by atoms with van der Waals surface area (Å²) in [6.45, 7) is 0. The molecule has 0 bridgehead atoms. The van der Waals surface area contributed by atoms with Gasteiger partial charge in [-0.1, -0.05) is 17.7 Å². The Kier molecular flexibility index (Phi) is 4.14. The average Bonchev–Trinajstić information content (AvgIpc) is 2.36. The van der Waals surface area contributed by atoms with E-state index in [0.717, 1.165) is 12.3 Å². The standard InChI is InChI=1S/C11H5BrClF4N3/c12-5-4-18-10(11(15,16)17)20-9(5)19-7-3-1-2-6(14)8(7)13/h1-4H,(H,18,19,20). The largest absolute Gasteiger partial charge is 0.451 e. The highest BCUT2D eigenvalue weighted by Crippen LogP contribution is 2.32. The molecule has 0 atom stereocenters. The van der Waals surface area contributed by atoms with Gasteiger partial charge in [-0.3, -0.25) is 0 Å². The predicted octanol–water partition coefficient (Wildman–Crippen LogP) is 4.79. The number of anilines is 2. The molecule has 0 radical (unpaired) electrons.